The fourth-order valence-corrected chi connectivity index (χ4v) is 2.60. The van der Waals surface area contributed by atoms with E-state index in [4.69, 9.17) is 11.6 Å². The van der Waals surface area contributed by atoms with Gasteiger partial charge in [-0.25, -0.2) is 4.39 Å². The number of hydrogen-bond acceptors (Lipinski definition) is 1. The molecule has 2 aromatic rings. The summed E-state index contributed by atoms with van der Waals surface area (Å²) in [7, 11) is 1.82. The Kier molecular flexibility index (Phi) is 4.81. The molecule has 0 bridgehead atoms. The molecule has 1 atom stereocenters. The average Bonchev–Trinajstić information content (AvgIpc) is 2.38. The van der Waals surface area contributed by atoms with Crippen LogP contribution in [0, 0.1) is 16.3 Å². The molecule has 0 aliphatic rings. The molecule has 0 saturated carbocycles. The Labute approximate surface area is 131 Å². The Hall–Kier alpha value is -0.650. The molecule has 1 unspecified atom stereocenters. The maximum atomic E-state index is 14.0. The van der Waals surface area contributed by atoms with Crippen LogP contribution >= 0.6 is 34.2 Å². The van der Waals surface area contributed by atoms with Crippen molar-refractivity contribution >= 4 is 34.2 Å². The first-order valence-corrected chi connectivity index (χ1v) is 7.37. The van der Waals surface area contributed by atoms with Gasteiger partial charge in [0.2, 0.25) is 0 Å². The van der Waals surface area contributed by atoms with Crippen LogP contribution in [0.2, 0.25) is 5.02 Å². The Morgan fingerprint density at radius 3 is 2.58 bits per heavy atom. The zero-order chi connectivity index (χ0) is 14.0. The molecule has 0 amide bonds. The van der Waals surface area contributed by atoms with Gasteiger partial charge >= 0.3 is 0 Å². The lowest BCUT2D eigenvalue weighted by atomic mass is 9.97. The summed E-state index contributed by atoms with van der Waals surface area (Å²) < 4.78 is 15.0. The molecule has 0 heterocycles. The first-order valence-electron chi connectivity index (χ1n) is 5.91. The van der Waals surface area contributed by atoms with Gasteiger partial charge in [0.1, 0.15) is 5.82 Å². The van der Waals surface area contributed by atoms with E-state index in [1.807, 2.05) is 38.2 Å². The largest absolute Gasteiger partial charge is 0.309 e. The van der Waals surface area contributed by atoms with Gasteiger partial charge in [-0.3, -0.25) is 0 Å². The van der Waals surface area contributed by atoms with Crippen LogP contribution in [0.5, 0.6) is 0 Å². The first kappa shape index (κ1) is 14.8. The van der Waals surface area contributed by atoms with Crippen molar-refractivity contribution in [3.63, 3.8) is 0 Å². The number of aryl methyl sites for hydroxylation is 1. The van der Waals surface area contributed by atoms with Gasteiger partial charge in [0, 0.05) is 9.13 Å². The van der Waals surface area contributed by atoms with Crippen LogP contribution in [0.15, 0.2) is 36.4 Å². The molecule has 0 aliphatic heterocycles. The van der Waals surface area contributed by atoms with E-state index in [1.165, 1.54) is 6.07 Å². The third kappa shape index (κ3) is 3.27. The number of nitrogens with one attached hydrogen (secondary N) is 1. The Balaban J connectivity index is 2.49. The van der Waals surface area contributed by atoms with E-state index < -0.39 is 0 Å². The quantitative estimate of drug-likeness (QED) is 0.750. The van der Waals surface area contributed by atoms with Crippen LogP contribution in [-0.2, 0) is 0 Å². The van der Waals surface area contributed by atoms with Crippen molar-refractivity contribution in [2.75, 3.05) is 7.05 Å². The van der Waals surface area contributed by atoms with Gasteiger partial charge in [0.05, 0.1) is 11.1 Å². The average molecular weight is 390 g/mol. The molecule has 0 aromatic heterocycles. The maximum Gasteiger partial charge on any atom is 0.128 e. The fraction of sp³-hybridized carbons (Fsp3) is 0.200. The van der Waals surface area contributed by atoms with Crippen LogP contribution in [0.25, 0.3) is 0 Å². The number of rotatable bonds is 3. The van der Waals surface area contributed by atoms with E-state index in [2.05, 4.69) is 27.9 Å². The molecular formula is C15H14ClFIN. The molecule has 0 saturated heterocycles. The highest BCUT2D eigenvalue weighted by atomic mass is 127. The monoisotopic (exact) mass is 389 g/mol. The third-order valence-corrected chi connectivity index (χ3v) is 4.60. The van der Waals surface area contributed by atoms with Crippen LogP contribution in [0.3, 0.4) is 0 Å². The van der Waals surface area contributed by atoms with Gasteiger partial charge in [-0.2, -0.15) is 0 Å². The van der Waals surface area contributed by atoms with Crippen molar-refractivity contribution < 1.29 is 4.39 Å². The highest BCUT2D eigenvalue weighted by molar-refractivity contribution is 14.1. The zero-order valence-corrected chi connectivity index (χ0v) is 13.6. The van der Waals surface area contributed by atoms with E-state index in [1.54, 1.807) is 6.07 Å². The molecular weight excluding hydrogens is 376 g/mol. The Morgan fingerprint density at radius 1 is 1.21 bits per heavy atom. The maximum absolute atomic E-state index is 14.0. The van der Waals surface area contributed by atoms with Crippen LogP contribution in [-0.4, -0.2) is 7.05 Å². The predicted molar refractivity (Wildman–Crippen MR) is 86.2 cm³/mol. The van der Waals surface area contributed by atoms with Gasteiger partial charge in [-0.05, 0) is 60.3 Å². The van der Waals surface area contributed by atoms with Crippen LogP contribution in [0.1, 0.15) is 22.7 Å². The van der Waals surface area contributed by atoms with Crippen molar-refractivity contribution in [1.82, 2.24) is 5.32 Å². The molecule has 0 fully saturated rings. The molecule has 100 valence electrons. The Morgan fingerprint density at radius 2 is 1.95 bits per heavy atom. The smallest absolute Gasteiger partial charge is 0.128 e. The second-order valence-corrected chi connectivity index (χ2v) is 5.99. The SMILES string of the molecule is CNC(c1ccc(I)c(Cl)c1)c1cc(C)ccc1F. The molecule has 19 heavy (non-hydrogen) atoms. The van der Waals surface area contributed by atoms with E-state index in [0.29, 0.717) is 10.6 Å². The van der Waals surface area contributed by atoms with E-state index in [0.717, 1.165) is 14.7 Å². The summed E-state index contributed by atoms with van der Waals surface area (Å²) in [6, 6.07) is 10.7. The summed E-state index contributed by atoms with van der Waals surface area (Å²) in [4.78, 5) is 0. The van der Waals surface area contributed by atoms with E-state index >= 15 is 0 Å². The normalized spacial score (nSPS) is 12.5. The van der Waals surface area contributed by atoms with Gasteiger partial charge < -0.3 is 5.32 Å². The molecule has 2 aromatic carbocycles. The number of benzene rings is 2. The van der Waals surface area contributed by atoms with Gasteiger partial charge in [-0.15, -0.1) is 0 Å². The number of hydrogen-bond donors (Lipinski definition) is 1. The third-order valence-electron chi connectivity index (χ3n) is 3.03. The minimum atomic E-state index is -0.209. The van der Waals surface area contributed by atoms with E-state index in [-0.39, 0.29) is 11.9 Å². The molecule has 1 N–H and O–H groups in total. The summed E-state index contributed by atoms with van der Waals surface area (Å²) in [5.41, 5.74) is 2.63. The molecule has 1 nitrogen and oxygen atoms in total. The summed E-state index contributed by atoms with van der Waals surface area (Å²) in [5.74, 6) is -0.209. The predicted octanol–water partition coefficient (Wildman–Crippen LogP) is 4.70. The molecule has 2 rings (SSSR count). The molecule has 0 radical (unpaired) electrons. The van der Waals surface area contributed by atoms with Crippen molar-refractivity contribution in [1.29, 1.82) is 0 Å². The van der Waals surface area contributed by atoms with E-state index in [9.17, 15) is 4.39 Å². The minimum Gasteiger partial charge on any atom is -0.309 e. The highest BCUT2D eigenvalue weighted by Crippen LogP contribution is 2.28. The van der Waals surface area contributed by atoms with Gasteiger partial charge in [0.15, 0.2) is 0 Å². The second kappa shape index (κ2) is 6.20. The zero-order valence-electron chi connectivity index (χ0n) is 10.7. The highest BCUT2D eigenvalue weighted by Gasteiger charge is 2.17. The molecule has 0 spiro atoms. The van der Waals surface area contributed by atoms with Crippen molar-refractivity contribution in [2.24, 2.45) is 0 Å². The fourth-order valence-electron chi connectivity index (χ4n) is 2.08. The summed E-state index contributed by atoms with van der Waals surface area (Å²) in [6.07, 6.45) is 0. The minimum absolute atomic E-state index is 0.200. The van der Waals surface area contributed by atoms with Gasteiger partial charge in [-0.1, -0.05) is 35.4 Å². The summed E-state index contributed by atoms with van der Waals surface area (Å²) in [5, 5.41) is 3.83. The lowest BCUT2D eigenvalue weighted by Crippen LogP contribution is -2.19. The first-order chi connectivity index (χ1) is 9.02. The topological polar surface area (TPSA) is 12.0 Å². The van der Waals surface area contributed by atoms with Gasteiger partial charge in [0.25, 0.3) is 0 Å². The van der Waals surface area contributed by atoms with Crippen molar-refractivity contribution in [3.05, 3.63) is 67.5 Å². The number of halogens is 3. The lowest BCUT2D eigenvalue weighted by Gasteiger charge is -2.19. The molecule has 0 aliphatic carbocycles. The summed E-state index contributed by atoms with van der Waals surface area (Å²) in [6.45, 7) is 1.95. The van der Waals surface area contributed by atoms with Crippen molar-refractivity contribution in [3.8, 4) is 0 Å². The molecule has 4 heteroatoms. The Bertz CT molecular complexity index is 601. The van der Waals surface area contributed by atoms with Crippen LogP contribution in [0.4, 0.5) is 4.39 Å². The van der Waals surface area contributed by atoms with Crippen molar-refractivity contribution in [2.45, 2.75) is 13.0 Å². The second-order valence-electron chi connectivity index (χ2n) is 4.42. The standard InChI is InChI=1S/C15H14ClFIN/c1-9-3-5-13(17)11(7-9)15(19-2)10-4-6-14(18)12(16)8-10/h3-8,15,19H,1-2H3. The van der Waals surface area contributed by atoms with Crippen LogP contribution < -0.4 is 5.32 Å². The lowest BCUT2D eigenvalue weighted by molar-refractivity contribution is 0.575. The summed E-state index contributed by atoms with van der Waals surface area (Å²) >= 11 is 8.32.